The highest BCUT2D eigenvalue weighted by Gasteiger charge is 2.27. The maximum atomic E-state index is 13.0. The van der Waals surface area contributed by atoms with Crippen LogP contribution in [0.3, 0.4) is 0 Å². The van der Waals surface area contributed by atoms with Gasteiger partial charge in [-0.1, -0.05) is 19.9 Å². The van der Waals surface area contributed by atoms with E-state index in [1.807, 2.05) is 13.8 Å². The Bertz CT molecular complexity index is 893. The molecule has 9 heteroatoms. The van der Waals surface area contributed by atoms with Gasteiger partial charge in [-0.15, -0.1) is 12.4 Å². The molecule has 0 fully saturated rings. The summed E-state index contributed by atoms with van der Waals surface area (Å²) in [6.45, 7) is 4.16. The molecule has 0 aromatic heterocycles. The van der Waals surface area contributed by atoms with Gasteiger partial charge in [0, 0.05) is 17.8 Å². The molecule has 6 nitrogen and oxygen atoms in total. The Hall–Kier alpha value is -2.16. The zero-order valence-electron chi connectivity index (χ0n) is 15.7. The van der Waals surface area contributed by atoms with Crippen LogP contribution in [-0.4, -0.2) is 26.4 Å². The number of anilines is 1. The lowest BCUT2D eigenvalue weighted by Crippen LogP contribution is -2.52. The van der Waals surface area contributed by atoms with Crippen molar-refractivity contribution in [2.75, 3.05) is 11.3 Å². The molecule has 2 aromatic rings. The summed E-state index contributed by atoms with van der Waals surface area (Å²) in [7, 11) is -3.92. The smallest absolute Gasteiger partial charge is 0.261 e. The van der Waals surface area contributed by atoms with E-state index < -0.39 is 21.4 Å². The van der Waals surface area contributed by atoms with Crippen molar-refractivity contribution in [3.8, 4) is 0 Å². The van der Waals surface area contributed by atoms with Crippen molar-refractivity contribution in [1.29, 1.82) is 0 Å². The predicted molar refractivity (Wildman–Crippen MR) is 111 cm³/mol. The minimum Gasteiger partial charge on any atom is -0.345 e. The lowest BCUT2D eigenvalue weighted by atomic mass is 9.92. The first-order valence-corrected chi connectivity index (χ1v) is 10.1. The largest absolute Gasteiger partial charge is 0.345 e. The standard InChI is InChI=1S/C19H24FN3O3S.ClH/c1-3-19(4-2,13-21)22-18(24)14-6-5-7-17(12-14)27(25,26)23-16-10-8-15(20)9-11-16;/h5-12,23H,3-4,13,21H2,1-2H3,(H,22,24);1H. The van der Waals surface area contributed by atoms with Crippen LogP contribution in [0.15, 0.2) is 53.4 Å². The second kappa shape index (κ2) is 9.86. The molecular weight excluding hydrogens is 405 g/mol. The maximum absolute atomic E-state index is 13.0. The first-order chi connectivity index (χ1) is 12.7. The molecule has 0 spiro atoms. The molecule has 4 N–H and O–H groups in total. The van der Waals surface area contributed by atoms with Crippen LogP contribution in [0.5, 0.6) is 0 Å². The van der Waals surface area contributed by atoms with E-state index >= 15 is 0 Å². The minimum atomic E-state index is -3.92. The van der Waals surface area contributed by atoms with E-state index in [0.29, 0.717) is 12.8 Å². The number of halogens is 2. The Kier molecular flexibility index (Phi) is 8.41. The van der Waals surface area contributed by atoms with E-state index in [0.717, 1.165) is 12.1 Å². The number of rotatable bonds is 8. The molecule has 2 rings (SSSR count). The quantitative estimate of drug-likeness (QED) is 0.599. The fourth-order valence-electron chi connectivity index (χ4n) is 2.62. The number of nitrogens with one attached hydrogen (secondary N) is 2. The third kappa shape index (κ3) is 5.67. The van der Waals surface area contributed by atoms with E-state index in [9.17, 15) is 17.6 Å². The molecule has 1 amide bonds. The van der Waals surface area contributed by atoms with Crippen molar-refractivity contribution in [3.05, 3.63) is 59.9 Å². The van der Waals surface area contributed by atoms with Gasteiger partial charge in [0.1, 0.15) is 5.82 Å². The van der Waals surface area contributed by atoms with Crippen molar-refractivity contribution < 1.29 is 17.6 Å². The number of hydrogen-bond acceptors (Lipinski definition) is 4. The van der Waals surface area contributed by atoms with E-state index in [1.165, 1.54) is 30.3 Å². The molecule has 0 radical (unpaired) electrons. The van der Waals surface area contributed by atoms with Gasteiger partial charge in [0.15, 0.2) is 0 Å². The second-order valence-corrected chi connectivity index (χ2v) is 7.97. The maximum Gasteiger partial charge on any atom is 0.261 e. The van der Waals surface area contributed by atoms with Crippen LogP contribution in [0.25, 0.3) is 0 Å². The van der Waals surface area contributed by atoms with Crippen molar-refractivity contribution >= 4 is 34.0 Å². The van der Waals surface area contributed by atoms with Crippen LogP contribution < -0.4 is 15.8 Å². The van der Waals surface area contributed by atoms with Gasteiger partial charge in [0.2, 0.25) is 0 Å². The molecule has 0 heterocycles. The molecule has 0 aliphatic rings. The summed E-state index contributed by atoms with van der Waals surface area (Å²) in [5.41, 5.74) is 5.72. The van der Waals surface area contributed by atoms with Crippen molar-refractivity contribution in [1.82, 2.24) is 5.32 Å². The van der Waals surface area contributed by atoms with Crippen molar-refractivity contribution in [2.45, 2.75) is 37.1 Å². The average Bonchev–Trinajstić information content (AvgIpc) is 2.68. The van der Waals surface area contributed by atoms with Gasteiger partial charge in [-0.25, -0.2) is 12.8 Å². The Morgan fingerprint density at radius 3 is 2.25 bits per heavy atom. The van der Waals surface area contributed by atoms with Crippen molar-refractivity contribution in [2.24, 2.45) is 5.73 Å². The number of nitrogens with two attached hydrogens (primary N) is 1. The molecule has 0 atom stereocenters. The number of carbonyl (C=O) groups excluding carboxylic acids is 1. The number of sulfonamides is 1. The molecular formula is C19H25ClFN3O3S. The third-order valence-electron chi connectivity index (χ3n) is 4.63. The topological polar surface area (TPSA) is 101 Å². The van der Waals surface area contributed by atoms with Crippen LogP contribution >= 0.6 is 12.4 Å². The van der Waals surface area contributed by atoms with Crippen LogP contribution in [-0.2, 0) is 10.0 Å². The van der Waals surface area contributed by atoms with Crippen LogP contribution in [0.2, 0.25) is 0 Å². The van der Waals surface area contributed by atoms with Crippen LogP contribution in [0.4, 0.5) is 10.1 Å². The Morgan fingerprint density at radius 2 is 1.71 bits per heavy atom. The molecule has 28 heavy (non-hydrogen) atoms. The highest BCUT2D eigenvalue weighted by atomic mass is 35.5. The Balaban J connectivity index is 0.00000392. The zero-order valence-corrected chi connectivity index (χ0v) is 17.4. The third-order valence-corrected chi connectivity index (χ3v) is 6.00. The highest BCUT2D eigenvalue weighted by Crippen LogP contribution is 2.19. The van der Waals surface area contributed by atoms with Gasteiger partial charge in [-0.3, -0.25) is 9.52 Å². The van der Waals surface area contributed by atoms with E-state index in [4.69, 9.17) is 5.73 Å². The minimum absolute atomic E-state index is 0. The summed E-state index contributed by atoms with van der Waals surface area (Å²) in [5, 5.41) is 2.91. The summed E-state index contributed by atoms with van der Waals surface area (Å²) in [5.74, 6) is -0.852. The highest BCUT2D eigenvalue weighted by molar-refractivity contribution is 7.92. The second-order valence-electron chi connectivity index (χ2n) is 6.29. The van der Waals surface area contributed by atoms with Gasteiger partial charge in [-0.05, 0) is 55.3 Å². The number of amides is 1. The Morgan fingerprint density at radius 1 is 1.11 bits per heavy atom. The number of carbonyl (C=O) groups is 1. The molecule has 2 aromatic carbocycles. The SMILES string of the molecule is CCC(CC)(CN)NC(=O)c1cccc(S(=O)(=O)Nc2ccc(F)cc2)c1.Cl. The van der Waals surface area contributed by atoms with E-state index in [1.54, 1.807) is 6.07 Å². The number of hydrogen-bond donors (Lipinski definition) is 3. The molecule has 0 aliphatic heterocycles. The molecule has 154 valence electrons. The summed E-state index contributed by atoms with van der Waals surface area (Å²) < 4.78 is 40.5. The first-order valence-electron chi connectivity index (χ1n) is 8.66. The fraction of sp³-hybridized carbons (Fsp3) is 0.316. The van der Waals surface area contributed by atoms with Gasteiger partial charge >= 0.3 is 0 Å². The van der Waals surface area contributed by atoms with Gasteiger partial charge < -0.3 is 11.1 Å². The summed E-state index contributed by atoms with van der Waals surface area (Å²) in [4.78, 5) is 12.5. The molecule has 0 unspecified atom stereocenters. The fourth-order valence-corrected chi connectivity index (χ4v) is 3.72. The van der Waals surface area contributed by atoms with Crippen LogP contribution in [0.1, 0.15) is 37.0 Å². The lowest BCUT2D eigenvalue weighted by molar-refractivity contribution is 0.0895. The summed E-state index contributed by atoms with van der Waals surface area (Å²) in [6, 6.07) is 10.7. The van der Waals surface area contributed by atoms with E-state index in [-0.39, 0.29) is 41.0 Å². The normalized spacial score (nSPS) is 11.4. The number of benzene rings is 2. The van der Waals surface area contributed by atoms with E-state index in [2.05, 4.69) is 10.0 Å². The molecule has 0 bridgehead atoms. The van der Waals surface area contributed by atoms with Gasteiger partial charge in [0.25, 0.3) is 15.9 Å². The molecule has 0 aliphatic carbocycles. The predicted octanol–water partition coefficient (Wildman–Crippen LogP) is 3.30. The molecule has 0 saturated carbocycles. The lowest BCUT2D eigenvalue weighted by Gasteiger charge is -2.31. The van der Waals surface area contributed by atoms with Crippen molar-refractivity contribution in [3.63, 3.8) is 0 Å². The molecule has 0 saturated heterocycles. The van der Waals surface area contributed by atoms with Gasteiger partial charge in [-0.2, -0.15) is 0 Å². The monoisotopic (exact) mass is 429 g/mol. The average molecular weight is 430 g/mol. The van der Waals surface area contributed by atoms with Gasteiger partial charge in [0.05, 0.1) is 10.4 Å². The summed E-state index contributed by atoms with van der Waals surface area (Å²) >= 11 is 0. The summed E-state index contributed by atoms with van der Waals surface area (Å²) in [6.07, 6.45) is 1.33. The first kappa shape index (κ1) is 23.9. The zero-order chi connectivity index (χ0) is 20.1. The Labute approximate surface area is 171 Å². The van der Waals surface area contributed by atoms with Crippen LogP contribution in [0, 0.1) is 5.82 Å².